The maximum atomic E-state index is 12.7. The van der Waals surface area contributed by atoms with Crippen LogP contribution in [-0.2, 0) is 11.3 Å². The van der Waals surface area contributed by atoms with Gasteiger partial charge in [-0.1, -0.05) is 51.9 Å². The minimum Gasteiger partial charge on any atom is -0.493 e. The van der Waals surface area contributed by atoms with Gasteiger partial charge in [0.2, 0.25) is 5.91 Å². The molecule has 10 heteroatoms. The Morgan fingerprint density at radius 3 is 2.33 bits per heavy atom. The normalized spacial score (nSPS) is 11.1. The standard InChI is InChI=1S/C26H34F3N3O4/c1-3-4-5-6-7-8-9-10-15-35-23-17-22(36-26(27,28)29)12-11-21(23)18-31-25(34)20-13-14-30-24(16-20)32-19(2)33/h11-14,16-17H,3-10,15,18H2,1-2H3,(H,31,34)(H,30,32,33). The van der Waals surface area contributed by atoms with Crippen molar-refractivity contribution in [3.8, 4) is 11.5 Å². The van der Waals surface area contributed by atoms with Crippen molar-refractivity contribution in [2.75, 3.05) is 11.9 Å². The Hall–Kier alpha value is -3.30. The van der Waals surface area contributed by atoms with Crippen LogP contribution in [0, 0.1) is 0 Å². The Kier molecular flexibility index (Phi) is 12.0. The molecule has 0 spiro atoms. The van der Waals surface area contributed by atoms with Crippen molar-refractivity contribution in [3.05, 3.63) is 47.7 Å². The van der Waals surface area contributed by atoms with E-state index in [1.807, 2.05) is 0 Å². The first-order chi connectivity index (χ1) is 17.2. The van der Waals surface area contributed by atoms with Crippen LogP contribution < -0.4 is 20.1 Å². The number of nitrogens with one attached hydrogen (secondary N) is 2. The first-order valence-corrected chi connectivity index (χ1v) is 12.2. The molecular formula is C26H34F3N3O4. The second-order valence-corrected chi connectivity index (χ2v) is 8.43. The second kappa shape index (κ2) is 15.0. The van der Waals surface area contributed by atoms with Crippen molar-refractivity contribution < 1.29 is 32.2 Å². The monoisotopic (exact) mass is 509 g/mol. The molecule has 0 unspecified atom stereocenters. The molecule has 7 nitrogen and oxygen atoms in total. The van der Waals surface area contributed by atoms with E-state index in [9.17, 15) is 22.8 Å². The molecule has 2 aromatic rings. The van der Waals surface area contributed by atoms with E-state index < -0.39 is 18.0 Å². The van der Waals surface area contributed by atoms with E-state index in [1.165, 1.54) is 69.1 Å². The predicted octanol–water partition coefficient (Wildman–Crippen LogP) is 6.39. The van der Waals surface area contributed by atoms with Crippen LogP contribution in [0.4, 0.5) is 19.0 Å². The molecule has 2 amide bonds. The molecule has 2 rings (SSSR count). The molecule has 2 N–H and O–H groups in total. The zero-order chi connectivity index (χ0) is 26.4. The molecule has 1 heterocycles. The molecule has 198 valence electrons. The predicted molar refractivity (Wildman–Crippen MR) is 131 cm³/mol. The number of anilines is 1. The first kappa shape index (κ1) is 28.9. The van der Waals surface area contributed by atoms with Crippen LogP contribution in [0.2, 0.25) is 0 Å². The Morgan fingerprint density at radius 1 is 0.972 bits per heavy atom. The van der Waals surface area contributed by atoms with Gasteiger partial charge in [-0.05, 0) is 30.7 Å². The number of aromatic nitrogens is 1. The van der Waals surface area contributed by atoms with E-state index in [0.717, 1.165) is 25.7 Å². The molecule has 36 heavy (non-hydrogen) atoms. The summed E-state index contributed by atoms with van der Waals surface area (Å²) in [6.45, 7) is 3.87. The Bertz CT molecular complexity index is 983. The SMILES string of the molecule is CCCCCCCCCCOc1cc(OC(F)(F)F)ccc1CNC(=O)c1ccnc(NC(C)=O)c1. The summed E-state index contributed by atoms with van der Waals surface area (Å²) in [5, 5.41) is 5.22. The van der Waals surface area contributed by atoms with Crippen molar-refractivity contribution in [1.82, 2.24) is 10.3 Å². The van der Waals surface area contributed by atoms with Gasteiger partial charge in [0, 0.05) is 36.9 Å². The molecule has 0 aliphatic heterocycles. The van der Waals surface area contributed by atoms with Crippen LogP contribution in [0.15, 0.2) is 36.5 Å². The fourth-order valence-electron chi connectivity index (χ4n) is 3.53. The molecular weight excluding hydrogens is 475 g/mol. The number of unbranched alkanes of at least 4 members (excludes halogenated alkanes) is 7. The topological polar surface area (TPSA) is 89.6 Å². The summed E-state index contributed by atoms with van der Waals surface area (Å²) in [4.78, 5) is 27.8. The van der Waals surface area contributed by atoms with Crippen LogP contribution in [-0.4, -0.2) is 29.8 Å². The van der Waals surface area contributed by atoms with Gasteiger partial charge in [-0.3, -0.25) is 9.59 Å². The van der Waals surface area contributed by atoms with Crippen molar-refractivity contribution >= 4 is 17.6 Å². The second-order valence-electron chi connectivity index (χ2n) is 8.43. The van der Waals surface area contributed by atoms with Crippen LogP contribution in [0.1, 0.15) is 81.1 Å². The van der Waals surface area contributed by atoms with E-state index in [1.54, 1.807) is 0 Å². The Morgan fingerprint density at radius 2 is 1.67 bits per heavy atom. The fourth-order valence-corrected chi connectivity index (χ4v) is 3.53. The number of pyridine rings is 1. The van der Waals surface area contributed by atoms with Crippen molar-refractivity contribution in [2.24, 2.45) is 0 Å². The number of hydrogen-bond acceptors (Lipinski definition) is 5. The molecule has 1 aromatic carbocycles. The number of nitrogens with zero attached hydrogens (tertiary/aromatic N) is 1. The van der Waals surface area contributed by atoms with Crippen molar-refractivity contribution in [3.63, 3.8) is 0 Å². The number of carbonyl (C=O) groups excluding carboxylic acids is 2. The summed E-state index contributed by atoms with van der Waals surface area (Å²) in [7, 11) is 0. The molecule has 0 aliphatic rings. The summed E-state index contributed by atoms with van der Waals surface area (Å²) >= 11 is 0. The molecule has 0 atom stereocenters. The van der Waals surface area contributed by atoms with Gasteiger partial charge < -0.3 is 20.1 Å². The van der Waals surface area contributed by atoms with Gasteiger partial charge in [0.1, 0.15) is 17.3 Å². The smallest absolute Gasteiger partial charge is 0.493 e. The average Bonchev–Trinajstić information content (AvgIpc) is 2.81. The molecule has 0 saturated heterocycles. The minimum absolute atomic E-state index is 0.0235. The van der Waals surface area contributed by atoms with E-state index >= 15 is 0 Å². The summed E-state index contributed by atoms with van der Waals surface area (Å²) in [5.41, 5.74) is 0.778. The van der Waals surface area contributed by atoms with Crippen molar-refractivity contribution in [1.29, 1.82) is 0 Å². The Labute approximate surface area is 209 Å². The number of rotatable bonds is 15. The molecule has 0 fully saturated rings. The molecule has 0 saturated carbocycles. The number of ether oxygens (including phenoxy) is 2. The van der Waals surface area contributed by atoms with Gasteiger partial charge in [-0.2, -0.15) is 0 Å². The largest absolute Gasteiger partial charge is 0.573 e. The lowest BCUT2D eigenvalue weighted by Gasteiger charge is -2.15. The molecule has 0 aliphatic carbocycles. The lowest BCUT2D eigenvalue weighted by Crippen LogP contribution is -2.23. The maximum Gasteiger partial charge on any atom is 0.573 e. The highest BCUT2D eigenvalue weighted by molar-refractivity contribution is 5.96. The highest BCUT2D eigenvalue weighted by Crippen LogP contribution is 2.29. The van der Waals surface area contributed by atoms with Gasteiger partial charge in [-0.25, -0.2) is 4.98 Å². The van der Waals surface area contributed by atoms with Gasteiger partial charge in [0.15, 0.2) is 0 Å². The number of alkyl halides is 3. The zero-order valence-electron chi connectivity index (χ0n) is 20.7. The third-order valence-corrected chi connectivity index (χ3v) is 5.29. The summed E-state index contributed by atoms with van der Waals surface area (Å²) in [6.07, 6.45) is 5.44. The molecule has 1 aromatic heterocycles. The van der Waals surface area contributed by atoms with Crippen LogP contribution >= 0.6 is 0 Å². The number of carbonyl (C=O) groups is 2. The number of halogens is 3. The summed E-state index contributed by atoms with van der Waals surface area (Å²) in [5.74, 6) is -0.697. The highest BCUT2D eigenvalue weighted by Gasteiger charge is 2.31. The number of amides is 2. The van der Waals surface area contributed by atoms with Gasteiger partial charge in [-0.15, -0.1) is 13.2 Å². The summed E-state index contributed by atoms with van der Waals surface area (Å²) in [6, 6.07) is 6.71. The highest BCUT2D eigenvalue weighted by atomic mass is 19.4. The zero-order valence-corrected chi connectivity index (χ0v) is 20.7. The van der Waals surface area contributed by atoms with E-state index in [-0.39, 0.29) is 29.6 Å². The minimum atomic E-state index is -4.82. The average molecular weight is 510 g/mol. The lowest BCUT2D eigenvalue weighted by atomic mass is 10.1. The third kappa shape index (κ3) is 11.4. The van der Waals surface area contributed by atoms with E-state index in [2.05, 4.69) is 27.3 Å². The lowest BCUT2D eigenvalue weighted by molar-refractivity contribution is -0.274. The quantitative estimate of drug-likeness (QED) is 0.272. The van der Waals surface area contributed by atoms with Crippen LogP contribution in [0.5, 0.6) is 11.5 Å². The van der Waals surface area contributed by atoms with Gasteiger partial charge in [0.25, 0.3) is 5.91 Å². The first-order valence-electron chi connectivity index (χ1n) is 12.2. The van der Waals surface area contributed by atoms with Crippen molar-refractivity contribution in [2.45, 2.75) is 78.1 Å². The fraction of sp³-hybridized carbons (Fsp3) is 0.500. The number of benzene rings is 1. The van der Waals surface area contributed by atoms with Gasteiger partial charge in [0.05, 0.1) is 6.61 Å². The van der Waals surface area contributed by atoms with E-state index in [4.69, 9.17) is 4.74 Å². The third-order valence-electron chi connectivity index (χ3n) is 5.29. The number of hydrogen-bond donors (Lipinski definition) is 2. The Balaban J connectivity index is 1.97. The summed E-state index contributed by atoms with van der Waals surface area (Å²) < 4.78 is 47.8. The van der Waals surface area contributed by atoms with Crippen LogP contribution in [0.25, 0.3) is 0 Å². The van der Waals surface area contributed by atoms with Crippen LogP contribution in [0.3, 0.4) is 0 Å². The maximum absolute atomic E-state index is 12.7. The van der Waals surface area contributed by atoms with Gasteiger partial charge >= 0.3 is 6.36 Å². The molecule has 0 radical (unpaired) electrons. The molecule has 0 bridgehead atoms. The van der Waals surface area contributed by atoms with E-state index in [0.29, 0.717) is 12.2 Å².